The molecule has 0 atom stereocenters. The molecule has 3 rings (SSSR count). The van der Waals surface area contributed by atoms with Gasteiger partial charge in [0.15, 0.2) is 0 Å². The van der Waals surface area contributed by atoms with Gasteiger partial charge in [0.1, 0.15) is 28.3 Å². The van der Waals surface area contributed by atoms with Gasteiger partial charge in [0.2, 0.25) is 0 Å². The first-order chi connectivity index (χ1) is 12.0. The zero-order valence-corrected chi connectivity index (χ0v) is 16.6. The van der Waals surface area contributed by atoms with Gasteiger partial charge in [-0.3, -0.25) is 0 Å². The fourth-order valence-corrected chi connectivity index (χ4v) is 2.62. The Morgan fingerprint density at radius 1 is 0.962 bits per heavy atom. The molecule has 3 aromatic rings. The SMILES string of the molecule is CC(C)=O.Cc1cc(-n2nc3ccc(C)cc3n2)c(O)c(C(C)(C)C)c1. The molecule has 0 aliphatic rings. The Kier molecular flexibility index (Phi) is 5.50. The average Bonchev–Trinajstić information content (AvgIpc) is 2.90. The van der Waals surface area contributed by atoms with Gasteiger partial charge in [-0.15, -0.1) is 15.0 Å². The monoisotopic (exact) mass is 353 g/mol. The highest BCUT2D eigenvalue weighted by molar-refractivity contribution is 5.75. The molecule has 1 N–H and O–H groups in total. The van der Waals surface area contributed by atoms with Crippen LogP contribution >= 0.6 is 0 Å². The molecule has 0 unspecified atom stereocenters. The third-order valence-corrected chi connectivity index (χ3v) is 3.79. The molecule has 1 aromatic heterocycles. The highest BCUT2D eigenvalue weighted by Crippen LogP contribution is 2.36. The highest BCUT2D eigenvalue weighted by Gasteiger charge is 2.22. The third-order valence-electron chi connectivity index (χ3n) is 3.79. The molecular formula is C21H27N3O2. The molecule has 2 aromatic carbocycles. The minimum Gasteiger partial charge on any atom is -0.505 e. The van der Waals surface area contributed by atoms with Crippen molar-refractivity contribution in [2.75, 3.05) is 0 Å². The van der Waals surface area contributed by atoms with E-state index in [0.717, 1.165) is 27.7 Å². The molecule has 1 heterocycles. The molecule has 5 nitrogen and oxygen atoms in total. The van der Waals surface area contributed by atoms with E-state index in [2.05, 4.69) is 31.0 Å². The molecule has 0 saturated heterocycles. The molecule has 0 amide bonds. The van der Waals surface area contributed by atoms with Crippen LogP contribution in [0.25, 0.3) is 16.7 Å². The Labute approximate surface area is 154 Å². The quantitative estimate of drug-likeness (QED) is 0.692. The second kappa shape index (κ2) is 7.28. The van der Waals surface area contributed by atoms with E-state index in [-0.39, 0.29) is 16.9 Å². The number of phenols is 1. The van der Waals surface area contributed by atoms with Gasteiger partial charge in [-0.2, -0.15) is 0 Å². The first-order valence-corrected chi connectivity index (χ1v) is 8.64. The maximum absolute atomic E-state index is 10.7. The van der Waals surface area contributed by atoms with Crippen LogP contribution in [0, 0.1) is 13.8 Å². The molecule has 5 heteroatoms. The summed E-state index contributed by atoms with van der Waals surface area (Å²) < 4.78 is 0. The van der Waals surface area contributed by atoms with Gasteiger partial charge in [-0.1, -0.05) is 32.9 Å². The smallest absolute Gasteiger partial charge is 0.146 e. The molecular weight excluding hydrogens is 326 g/mol. The first-order valence-electron chi connectivity index (χ1n) is 8.64. The lowest BCUT2D eigenvalue weighted by atomic mass is 9.85. The van der Waals surface area contributed by atoms with E-state index in [1.54, 1.807) is 0 Å². The third kappa shape index (κ3) is 4.48. The normalized spacial score (nSPS) is 11.2. The van der Waals surface area contributed by atoms with E-state index in [9.17, 15) is 9.90 Å². The Balaban J connectivity index is 0.000000552. The van der Waals surface area contributed by atoms with Crippen LogP contribution in [0.1, 0.15) is 51.3 Å². The number of aryl methyl sites for hydroxylation is 2. The second-order valence-electron chi connectivity index (χ2n) is 7.82. The van der Waals surface area contributed by atoms with Crippen LogP contribution in [0.5, 0.6) is 5.75 Å². The van der Waals surface area contributed by atoms with E-state index in [1.807, 2.05) is 44.2 Å². The number of benzene rings is 2. The van der Waals surface area contributed by atoms with Crippen molar-refractivity contribution in [3.63, 3.8) is 0 Å². The molecule has 0 bridgehead atoms. The minimum absolute atomic E-state index is 0.145. The number of phenolic OH excluding ortho intramolecular Hbond substituents is 1. The summed E-state index contributed by atoms with van der Waals surface area (Å²) in [5, 5.41) is 19.7. The van der Waals surface area contributed by atoms with Crippen molar-refractivity contribution in [1.29, 1.82) is 0 Å². The van der Waals surface area contributed by atoms with Crippen molar-refractivity contribution in [1.82, 2.24) is 15.0 Å². The van der Waals surface area contributed by atoms with Crippen LogP contribution in [-0.4, -0.2) is 25.9 Å². The van der Waals surface area contributed by atoms with Gasteiger partial charge in [-0.05, 0) is 62.4 Å². The largest absolute Gasteiger partial charge is 0.505 e. The number of hydrogen-bond acceptors (Lipinski definition) is 4. The first kappa shape index (κ1) is 19.6. The van der Waals surface area contributed by atoms with Crippen molar-refractivity contribution in [2.24, 2.45) is 0 Å². The molecule has 0 spiro atoms. The Morgan fingerprint density at radius 2 is 1.54 bits per heavy atom. The Hall–Kier alpha value is -2.69. The van der Waals surface area contributed by atoms with Crippen LogP contribution in [0.4, 0.5) is 0 Å². The van der Waals surface area contributed by atoms with Crippen molar-refractivity contribution < 1.29 is 9.90 Å². The number of aromatic hydroxyl groups is 1. The Bertz CT molecular complexity index is 946. The number of nitrogens with zero attached hydrogens (tertiary/aromatic N) is 3. The summed E-state index contributed by atoms with van der Waals surface area (Å²) in [5.41, 5.74) is 5.26. The van der Waals surface area contributed by atoms with Crippen molar-refractivity contribution >= 4 is 16.8 Å². The Morgan fingerprint density at radius 3 is 2.12 bits per heavy atom. The summed E-state index contributed by atoms with van der Waals surface area (Å²) >= 11 is 0. The van der Waals surface area contributed by atoms with E-state index < -0.39 is 0 Å². The van der Waals surface area contributed by atoms with E-state index in [1.165, 1.54) is 18.6 Å². The predicted molar refractivity (Wildman–Crippen MR) is 105 cm³/mol. The zero-order chi connectivity index (χ0) is 19.6. The van der Waals surface area contributed by atoms with Gasteiger partial charge in [0.25, 0.3) is 0 Å². The van der Waals surface area contributed by atoms with Gasteiger partial charge in [0.05, 0.1) is 0 Å². The zero-order valence-electron chi connectivity index (χ0n) is 16.6. The standard InChI is InChI=1S/C18H21N3O.C3H6O/c1-11-6-7-14-15(9-11)20-21(19-14)16-10-12(2)8-13(17(16)22)18(3,4)5;1-3(2)4/h6-10,22H,1-5H3;1-2H3. The van der Waals surface area contributed by atoms with E-state index >= 15 is 0 Å². The van der Waals surface area contributed by atoms with Gasteiger partial charge in [-0.25, -0.2) is 0 Å². The maximum atomic E-state index is 10.7. The number of rotatable bonds is 1. The molecule has 0 aliphatic heterocycles. The molecule has 138 valence electrons. The number of carbonyl (C=O) groups excluding carboxylic acids is 1. The van der Waals surface area contributed by atoms with E-state index in [0.29, 0.717) is 5.69 Å². The van der Waals surface area contributed by atoms with Crippen LogP contribution in [-0.2, 0) is 10.2 Å². The van der Waals surface area contributed by atoms with Crippen molar-refractivity contribution in [3.05, 3.63) is 47.0 Å². The summed E-state index contributed by atoms with van der Waals surface area (Å²) in [6.45, 7) is 13.4. The second-order valence-corrected chi connectivity index (χ2v) is 7.82. The number of ketones is 1. The predicted octanol–water partition coefficient (Wildman–Crippen LogP) is 4.64. The van der Waals surface area contributed by atoms with Crippen LogP contribution < -0.4 is 0 Å². The number of hydrogen-bond donors (Lipinski definition) is 1. The number of aromatic nitrogens is 3. The maximum Gasteiger partial charge on any atom is 0.146 e. The molecule has 0 radical (unpaired) electrons. The van der Waals surface area contributed by atoms with Crippen LogP contribution in [0.2, 0.25) is 0 Å². The lowest BCUT2D eigenvalue weighted by molar-refractivity contribution is -0.114. The molecule has 0 fully saturated rings. The van der Waals surface area contributed by atoms with Crippen molar-refractivity contribution in [2.45, 2.75) is 53.9 Å². The lowest BCUT2D eigenvalue weighted by Gasteiger charge is -2.22. The van der Waals surface area contributed by atoms with Crippen LogP contribution in [0.3, 0.4) is 0 Å². The summed E-state index contributed by atoms with van der Waals surface area (Å²) in [6.07, 6.45) is 0. The number of fused-ring (bicyclic) bond motifs is 1. The minimum atomic E-state index is -0.145. The van der Waals surface area contributed by atoms with E-state index in [4.69, 9.17) is 0 Å². The van der Waals surface area contributed by atoms with Crippen molar-refractivity contribution in [3.8, 4) is 11.4 Å². The summed E-state index contributed by atoms with van der Waals surface area (Å²) in [7, 11) is 0. The fourth-order valence-electron chi connectivity index (χ4n) is 2.62. The van der Waals surface area contributed by atoms with Gasteiger partial charge in [0, 0.05) is 5.56 Å². The van der Waals surface area contributed by atoms with Gasteiger partial charge >= 0.3 is 0 Å². The average molecular weight is 353 g/mol. The fraction of sp³-hybridized carbons (Fsp3) is 0.381. The highest BCUT2D eigenvalue weighted by atomic mass is 16.3. The number of Topliss-reactive ketones (excluding diaryl/α,β-unsaturated/α-hetero) is 1. The summed E-state index contributed by atoms with van der Waals surface area (Å²) in [4.78, 5) is 11.0. The summed E-state index contributed by atoms with van der Waals surface area (Å²) in [6, 6.07) is 9.89. The molecule has 26 heavy (non-hydrogen) atoms. The van der Waals surface area contributed by atoms with Crippen LogP contribution in [0.15, 0.2) is 30.3 Å². The molecule has 0 saturated carbocycles. The lowest BCUT2D eigenvalue weighted by Crippen LogP contribution is -2.13. The topological polar surface area (TPSA) is 68.0 Å². The number of carbonyl (C=O) groups is 1. The molecule has 0 aliphatic carbocycles. The van der Waals surface area contributed by atoms with Gasteiger partial charge < -0.3 is 9.90 Å². The summed E-state index contributed by atoms with van der Waals surface area (Å²) in [5.74, 6) is 0.412.